The first-order valence-electron chi connectivity index (χ1n) is 11.2. The Kier molecular flexibility index (Phi) is 6.75. The van der Waals surface area contributed by atoms with Crippen molar-refractivity contribution in [3.63, 3.8) is 0 Å². The van der Waals surface area contributed by atoms with E-state index in [4.69, 9.17) is 14.9 Å². The lowest BCUT2D eigenvalue weighted by atomic mass is 10.1. The molecule has 2 heterocycles. The zero-order valence-electron chi connectivity index (χ0n) is 18.7. The average molecular weight is 436 g/mol. The molecule has 0 aliphatic carbocycles. The number of hydrogen-bond donors (Lipinski definition) is 3. The van der Waals surface area contributed by atoms with Gasteiger partial charge in [-0.1, -0.05) is 0 Å². The summed E-state index contributed by atoms with van der Waals surface area (Å²) in [6.07, 6.45) is 4.59. The summed E-state index contributed by atoms with van der Waals surface area (Å²) < 4.78 is 11.2. The molecule has 1 amide bonds. The number of amides is 1. The van der Waals surface area contributed by atoms with Crippen LogP contribution in [0.5, 0.6) is 11.5 Å². The van der Waals surface area contributed by atoms with Gasteiger partial charge in [-0.15, -0.1) is 0 Å². The van der Waals surface area contributed by atoms with Crippen LogP contribution in [-0.2, 0) is 6.54 Å². The number of nitrogens with zero attached hydrogens (tertiary/aromatic N) is 1. The highest BCUT2D eigenvalue weighted by Crippen LogP contribution is 2.28. The highest BCUT2D eigenvalue weighted by atomic mass is 16.5. The largest absolute Gasteiger partial charge is 0.490 e. The van der Waals surface area contributed by atoms with Gasteiger partial charge in [-0.05, 0) is 81.7 Å². The van der Waals surface area contributed by atoms with E-state index >= 15 is 0 Å². The molecule has 0 atom stereocenters. The first kappa shape index (κ1) is 21.9. The van der Waals surface area contributed by atoms with Crippen molar-refractivity contribution < 1.29 is 19.7 Å². The second kappa shape index (κ2) is 9.87. The molecule has 0 saturated carbocycles. The molecule has 7 heteroatoms. The number of amidine groups is 1. The van der Waals surface area contributed by atoms with Gasteiger partial charge in [-0.3, -0.25) is 10.3 Å². The van der Waals surface area contributed by atoms with Crippen molar-refractivity contribution in [2.75, 3.05) is 26.3 Å². The molecule has 4 rings (SSSR count). The van der Waals surface area contributed by atoms with Gasteiger partial charge < -0.3 is 14.5 Å². The van der Waals surface area contributed by atoms with Gasteiger partial charge in [0.2, 0.25) is 0 Å². The van der Waals surface area contributed by atoms with Crippen molar-refractivity contribution in [3.8, 4) is 11.5 Å². The monoisotopic (exact) mass is 435 g/mol. The summed E-state index contributed by atoms with van der Waals surface area (Å²) in [5, 5.41) is 10.2. The molecule has 7 nitrogen and oxygen atoms in total. The van der Waals surface area contributed by atoms with E-state index in [1.807, 2.05) is 32.0 Å². The van der Waals surface area contributed by atoms with Gasteiger partial charge in [0.25, 0.3) is 5.84 Å². The van der Waals surface area contributed by atoms with E-state index in [0.29, 0.717) is 36.1 Å². The smallest absolute Gasteiger partial charge is 0.339 e. The second-order valence-electron chi connectivity index (χ2n) is 7.95. The lowest BCUT2D eigenvalue weighted by molar-refractivity contribution is -0.116. The number of carbonyl (C=O) groups is 1. The number of hydrogen-bond acceptors (Lipinski definition) is 4. The Balaban J connectivity index is 1.50. The van der Waals surface area contributed by atoms with E-state index in [1.165, 1.54) is 18.4 Å². The number of nitrogens with one attached hydrogen (secondary N) is 2. The Morgan fingerprint density at radius 3 is 2.50 bits per heavy atom. The SMILES string of the molecule is CCOc1ccc(C(=O)NC(=[NH2+])c2ccc3[nH]cc(CN4CCCC4)c3c2)cc1OCC. The van der Waals surface area contributed by atoms with Crippen LogP contribution in [0.25, 0.3) is 10.9 Å². The molecule has 0 radical (unpaired) electrons. The minimum absolute atomic E-state index is 0.294. The first-order chi connectivity index (χ1) is 15.6. The predicted molar refractivity (Wildman–Crippen MR) is 125 cm³/mol. The summed E-state index contributed by atoms with van der Waals surface area (Å²) >= 11 is 0. The van der Waals surface area contributed by atoms with Crippen molar-refractivity contribution in [3.05, 3.63) is 59.3 Å². The van der Waals surface area contributed by atoms with E-state index in [2.05, 4.69) is 21.4 Å². The average Bonchev–Trinajstić information content (AvgIpc) is 3.45. The Morgan fingerprint density at radius 1 is 1.03 bits per heavy atom. The standard InChI is InChI=1S/C25H30N4O3/c1-3-31-22-10-8-18(14-23(22)32-4-2)25(30)28-24(26)17-7-9-21-20(13-17)19(15-27-21)16-29-11-5-6-12-29/h7-10,13-15,27H,3-6,11-12,16H2,1-2H3,(H2,26,28,30)/p+1. The van der Waals surface area contributed by atoms with Crippen LogP contribution >= 0.6 is 0 Å². The highest BCUT2D eigenvalue weighted by molar-refractivity contribution is 6.11. The van der Waals surface area contributed by atoms with Crippen LogP contribution in [0.1, 0.15) is 48.2 Å². The van der Waals surface area contributed by atoms with Crippen molar-refractivity contribution in [1.29, 1.82) is 0 Å². The van der Waals surface area contributed by atoms with Gasteiger partial charge >= 0.3 is 5.91 Å². The minimum Gasteiger partial charge on any atom is -0.490 e. The van der Waals surface area contributed by atoms with Crippen LogP contribution in [0, 0.1) is 0 Å². The van der Waals surface area contributed by atoms with E-state index in [9.17, 15) is 4.79 Å². The number of nitrogens with two attached hydrogens (primary N) is 1. The predicted octanol–water partition coefficient (Wildman–Crippen LogP) is 2.50. The summed E-state index contributed by atoms with van der Waals surface area (Å²) in [6, 6.07) is 11.1. The number of carbonyl (C=O) groups excluding carboxylic acids is 1. The van der Waals surface area contributed by atoms with Crippen LogP contribution in [0.4, 0.5) is 0 Å². The maximum Gasteiger partial charge on any atom is 0.339 e. The Labute approximate surface area is 188 Å². The fourth-order valence-corrected chi connectivity index (χ4v) is 4.12. The fraction of sp³-hybridized carbons (Fsp3) is 0.360. The van der Waals surface area contributed by atoms with Crippen LogP contribution in [-0.4, -0.2) is 47.9 Å². The van der Waals surface area contributed by atoms with E-state index < -0.39 is 0 Å². The third-order valence-electron chi connectivity index (χ3n) is 5.72. The second-order valence-corrected chi connectivity index (χ2v) is 7.95. The topological polar surface area (TPSA) is 92.2 Å². The van der Waals surface area contributed by atoms with Crippen molar-refractivity contribution in [1.82, 2.24) is 15.2 Å². The van der Waals surface area contributed by atoms with Gasteiger partial charge in [-0.25, -0.2) is 10.1 Å². The van der Waals surface area contributed by atoms with Crippen LogP contribution in [0.3, 0.4) is 0 Å². The van der Waals surface area contributed by atoms with E-state index in [1.54, 1.807) is 18.2 Å². The quantitative estimate of drug-likeness (QED) is 0.374. The molecule has 1 aromatic heterocycles. The van der Waals surface area contributed by atoms with Crippen molar-refractivity contribution >= 4 is 22.6 Å². The normalized spacial score (nSPS) is 13.9. The molecule has 0 bridgehead atoms. The van der Waals surface area contributed by atoms with Gasteiger partial charge in [0, 0.05) is 23.6 Å². The number of ether oxygens (including phenoxy) is 2. The van der Waals surface area contributed by atoms with Crippen molar-refractivity contribution in [2.24, 2.45) is 0 Å². The summed E-state index contributed by atoms with van der Waals surface area (Å²) in [4.78, 5) is 18.6. The first-order valence-corrected chi connectivity index (χ1v) is 11.2. The number of aromatic nitrogens is 1. The Hall–Kier alpha value is -3.32. The molecule has 1 fully saturated rings. The molecular formula is C25H31N4O3+. The lowest BCUT2D eigenvalue weighted by Gasteiger charge is -2.13. The summed E-state index contributed by atoms with van der Waals surface area (Å²) in [5.74, 6) is 1.18. The highest BCUT2D eigenvalue weighted by Gasteiger charge is 2.20. The van der Waals surface area contributed by atoms with Crippen LogP contribution in [0.15, 0.2) is 42.6 Å². The number of aromatic amines is 1. The maximum atomic E-state index is 12.8. The Bertz CT molecular complexity index is 1120. The Morgan fingerprint density at radius 2 is 1.75 bits per heavy atom. The third-order valence-corrected chi connectivity index (χ3v) is 5.72. The third kappa shape index (κ3) is 4.78. The minimum atomic E-state index is -0.294. The van der Waals surface area contributed by atoms with Gasteiger partial charge in [0.05, 0.1) is 24.3 Å². The number of rotatable bonds is 8. The molecule has 2 aromatic carbocycles. The maximum absolute atomic E-state index is 12.8. The van der Waals surface area contributed by atoms with Crippen LogP contribution < -0.4 is 20.2 Å². The van der Waals surface area contributed by atoms with Crippen molar-refractivity contribution in [2.45, 2.75) is 33.2 Å². The van der Waals surface area contributed by atoms with E-state index in [0.717, 1.165) is 36.1 Å². The number of likely N-dealkylation sites (tertiary alicyclic amines) is 1. The fourth-order valence-electron chi connectivity index (χ4n) is 4.12. The number of fused-ring (bicyclic) bond motifs is 1. The zero-order chi connectivity index (χ0) is 22.5. The molecule has 0 unspecified atom stereocenters. The van der Waals surface area contributed by atoms with E-state index in [-0.39, 0.29) is 5.91 Å². The summed E-state index contributed by atoms with van der Waals surface area (Å²) in [7, 11) is 0. The summed E-state index contributed by atoms with van der Waals surface area (Å²) in [5.41, 5.74) is 3.55. The number of H-pyrrole nitrogens is 1. The number of benzene rings is 2. The molecule has 3 aromatic rings. The lowest BCUT2D eigenvalue weighted by Crippen LogP contribution is -2.51. The molecule has 1 aliphatic rings. The molecule has 32 heavy (non-hydrogen) atoms. The molecular weight excluding hydrogens is 404 g/mol. The summed E-state index contributed by atoms with van der Waals surface area (Å²) in [6.45, 7) is 8.00. The molecule has 168 valence electrons. The molecule has 1 saturated heterocycles. The van der Waals surface area contributed by atoms with Gasteiger partial charge in [0.1, 0.15) is 0 Å². The van der Waals surface area contributed by atoms with Crippen LogP contribution in [0.2, 0.25) is 0 Å². The zero-order valence-corrected chi connectivity index (χ0v) is 18.7. The van der Waals surface area contributed by atoms with Gasteiger partial charge in [0.15, 0.2) is 11.5 Å². The molecule has 4 N–H and O–H groups in total. The molecule has 0 spiro atoms. The van der Waals surface area contributed by atoms with Gasteiger partial charge in [-0.2, -0.15) is 0 Å². The molecule has 1 aliphatic heterocycles.